The Kier molecular flexibility index (Phi) is 4.53. The molecular formula is C14H20N2O4S. The first-order valence-electron chi connectivity index (χ1n) is 6.95. The minimum Gasteiger partial charge on any atom is -0.478 e. The maximum Gasteiger partial charge on any atom is 0.337 e. The van der Waals surface area contributed by atoms with Crippen LogP contribution in [0.15, 0.2) is 23.1 Å². The number of hydrogen-bond donors (Lipinski definition) is 2. The number of nitrogens with zero attached hydrogens (tertiary/aromatic N) is 1. The van der Waals surface area contributed by atoms with E-state index in [9.17, 15) is 18.3 Å². The summed E-state index contributed by atoms with van der Waals surface area (Å²) in [4.78, 5) is 11.1. The molecule has 6 nitrogen and oxygen atoms in total. The van der Waals surface area contributed by atoms with Gasteiger partial charge >= 0.3 is 5.97 Å². The number of anilines is 1. The fourth-order valence-electron chi connectivity index (χ4n) is 2.56. The molecule has 0 aromatic heterocycles. The summed E-state index contributed by atoms with van der Waals surface area (Å²) in [5, 5.41) is 9.21. The molecule has 3 N–H and O–H groups in total. The molecule has 1 aliphatic heterocycles. The van der Waals surface area contributed by atoms with Crippen LogP contribution in [-0.2, 0) is 10.0 Å². The Bertz CT molecular complexity index is 642. The topological polar surface area (TPSA) is 101 Å². The summed E-state index contributed by atoms with van der Waals surface area (Å²) in [6, 6.07) is 3.89. The molecule has 116 valence electrons. The van der Waals surface area contributed by atoms with Crippen molar-refractivity contribution >= 4 is 21.7 Å². The molecule has 1 atom stereocenters. The van der Waals surface area contributed by atoms with E-state index in [1.54, 1.807) is 0 Å². The highest BCUT2D eigenvalue weighted by Gasteiger charge is 2.30. The Morgan fingerprint density at radius 1 is 1.33 bits per heavy atom. The Morgan fingerprint density at radius 3 is 2.71 bits per heavy atom. The van der Waals surface area contributed by atoms with E-state index in [-0.39, 0.29) is 16.1 Å². The standard InChI is InChI=1S/C14H20N2O4S/c1-10-3-2-7-16(8-6-10)21(19,20)13-5-4-11(15)9-12(13)14(17)18/h4-5,9-10H,2-3,6-8,15H2,1H3,(H,17,18). The Labute approximate surface area is 124 Å². The lowest BCUT2D eigenvalue weighted by atomic mass is 10.0. The van der Waals surface area contributed by atoms with Gasteiger partial charge in [-0.05, 0) is 43.4 Å². The number of carboxylic acids is 1. The quantitative estimate of drug-likeness (QED) is 0.829. The Morgan fingerprint density at radius 2 is 2.05 bits per heavy atom. The van der Waals surface area contributed by atoms with Crippen molar-refractivity contribution < 1.29 is 18.3 Å². The Hall–Kier alpha value is -1.60. The predicted molar refractivity (Wildman–Crippen MR) is 79.6 cm³/mol. The molecule has 1 aromatic carbocycles. The second-order valence-corrected chi connectivity index (χ2v) is 7.41. The molecule has 0 spiro atoms. The van der Waals surface area contributed by atoms with E-state index in [0.717, 1.165) is 19.3 Å². The highest BCUT2D eigenvalue weighted by molar-refractivity contribution is 7.89. The van der Waals surface area contributed by atoms with Crippen LogP contribution in [0, 0.1) is 5.92 Å². The second-order valence-electron chi connectivity index (χ2n) is 5.50. The van der Waals surface area contributed by atoms with Crippen molar-refractivity contribution in [2.45, 2.75) is 31.1 Å². The number of sulfonamides is 1. The van der Waals surface area contributed by atoms with Crippen LogP contribution in [0.3, 0.4) is 0 Å². The summed E-state index contributed by atoms with van der Waals surface area (Å²) < 4.78 is 26.8. The SMILES string of the molecule is CC1CCCN(S(=O)(=O)c2ccc(N)cc2C(=O)O)CC1. The fourth-order valence-corrected chi connectivity index (χ4v) is 4.21. The van der Waals surface area contributed by atoms with Gasteiger partial charge in [0.2, 0.25) is 10.0 Å². The number of hydrogen-bond acceptors (Lipinski definition) is 4. The van der Waals surface area contributed by atoms with Crippen LogP contribution in [0.4, 0.5) is 5.69 Å². The summed E-state index contributed by atoms with van der Waals surface area (Å²) in [5.41, 5.74) is 5.52. The summed E-state index contributed by atoms with van der Waals surface area (Å²) in [6.45, 7) is 2.95. The van der Waals surface area contributed by atoms with E-state index >= 15 is 0 Å². The van der Waals surface area contributed by atoms with Gasteiger partial charge in [0.25, 0.3) is 0 Å². The molecule has 1 saturated heterocycles. The average Bonchev–Trinajstić information content (AvgIpc) is 2.63. The summed E-state index contributed by atoms with van der Waals surface area (Å²) >= 11 is 0. The molecule has 0 radical (unpaired) electrons. The van der Waals surface area contributed by atoms with Crippen LogP contribution in [0.5, 0.6) is 0 Å². The lowest BCUT2D eigenvalue weighted by molar-refractivity contribution is 0.0692. The molecule has 0 bridgehead atoms. The first kappa shape index (κ1) is 15.8. The van der Waals surface area contributed by atoms with Crippen LogP contribution in [-0.4, -0.2) is 36.9 Å². The van der Waals surface area contributed by atoms with Crippen LogP contribution in [0.1, 0.15) is 36.5 Å². The van der Waals surface area contributed by atoms with Gasteiger partial charge in [0.05, 0.1) is 10.5 Å². The van der Waals surface area contributed by atoms with Gasteiger partial charge < -0.3 is 10.8 Å². The van der Waals surface area contributed by atoms with E-state index in [2.05, 4.69) is 6.92 Å². The van der Waals surface area contributed by atoms with Crippen molar-refractivity contribution in [1.29, 1.82) is 0 Å². The van der Waals surface area contributed by atoms with Crippen molar-refractivity contribution in [1.82, 2.24) is 4.31 Å². The third-order valence-electron chi connectivity index (χ3n) is 3.83. The van der Waals surface area contributed by atoms with Gasteiger partial charge in [0, 0.05) is 18.8 Å². The monoisotopic (exact) mass is 312 g/mol. The average molecular weight is 312 g/mol. The zero-order valence-electron chi connectivity index (χ0n) is 11.9. The van der Waals surface area contributed by atoms with Crippen LogP contribution >= 0.6 is 0 Å². The minimum atomic E-state index is -3.80. The second kappa shape index (κ2) is 6.03. The first-order chi connectivity index (χ1) is 9.82. The van der Waals surface area contributed by atoms with Crippen molar-refractivity contribution in [3.05, 3.63) is 23.8 Å². The summed E-state index contributed by atoms with van der Waals surface area (Å²) in [7, 11) is -3.80. The van der Waals surface area contributed by atoms with Crippen LogP contribution in [0.2, 0.25) is 0 Å². The molecule has 0 saturated carbocycles. The van der Waals surface area contributed by atoms with E-state index in [1.165, 1.54) is 22.5 Å². The largest absolute Gasteiger partial charge is 0.478 e. The maximum absolute atomic E-state index is 12.7. The van der Waals surface area contributed by atoms with E-state index < -0.39 is 16.0 Å². The normalized spacial score (nSPS) is 20.9. The number of benzene rings is 1. The van der Waals surface area contributed by atoms with Crippen molar-refractivity contribution in [2.75, 3.05) is 18.8 Å². The molecule has 0 amide bonds. The van der Waals surface area contributed by atoms with Gasteiger partial charge in [0.1, 0.15) is 0 Å². The molecule has 2 rings (SSSR count). The smallest absolute Gasteiger partial charge is 0.337 e. The molecule has 1 fully saturated rings. The van der Waals surface area contributed by atoms with Gasteiger partial charge in [-0.1, -0.05) is 6.92 Å². The third kappa shape index (κ3) is 3.36. The van der Waals surface area contributed by atoms with Gasteiger partial charge in [-0.15, -0.1) is 0 Å². The highest BCUT2D eigenvalue weighted by atomic mass is 32.2. The Balaban J connectivity index is 2.42. The molecule has 1 aromatic rings. The lowest BCUT2D eigenvalue weighted by Gasteiger charge is -2.21. The first-order valence-corrected chi connectivity index (χ1v) is 8.39. The molecular weight excluding hydrogens is 292 g/mol. The van der Waals surface area contributed by atoms with Gasteiger partial charge in [0.15, 0.2) is 0 Å². The summed E-state index contributed by atoms with van der Waals surface area (Å²) in [6.07, 6.45) is 2.56. The molecule has 0 aliphatic carbocycles. The summed E-state index contributed by atoms with van der Waals surface area (Å²) in [5.74, 6) is -0.806. The van der Waals surface area contributed by atoms with Crippen molar-refractivity contribution in [2.24, 2.45) is 5.92 Å². The van der Waals surface area contributed by atoms with Crippen molar-refractivity contribution in [3.8, 4) is 0 Å². The van der Waals surface area contributed by atoms with Crippen molar-refractivity contribution in [3.63, 3.8) is 0 Å². The fraction of sp³-hybridized carbons (Fsp3) is 0.500. The van der Waals surface area contributed by atoms with Gasteiger partial charge in [-0.3, -0.25) is 0 Å². The van der Waals surface area contributed by atoms with E-state index in [1.807, 2.05) is 0 Å². The van der Waals surface area contributed by atoms with E-state index in [0.29, 0.717) is 19.0 Å². The zero-order valence-corrected chi connectivity index (χ0v) is 12.8. The van der Waals surface area contributed by atoms with Crippen LogP contribution < -0.4 is 5.73 Å². The molecule has 1 unspecified atom stereocenters. The zero-order chi connectivity index (χ0) is 15.6. The number of rotatable bonds is 3. The number of nitrogens with two attached hydrogens (primary N) is 1. The molecule has 7 heteroatoms. The predicted octanol–water partition coefficient (Wildman–Crippen LogP) is 1.78. The minimum absolute atomic E-state index is 0.182. The van der Waals surface area contributed by atoms with Gasteiger partial charge in [-0.25, -0.2) is 13.2 Å². The van der Waals surface area contributed by atoms with Crippen LogP contribution in [0.25, 0.3) is 0 Å². The third-order valence-corrected chi connectivity index (χ3v) is 5.78. The number of carbonyl (C=O) groups is 1. The molecule has 1 aliphatic rings. The number of carboxylic acid groups (broad SMARTS) is 1. The number of aromatic carboxylic acids is 1. The van der Waals surface area contributed by atoms with E-state index in [4.69, 9.17) is 5.73 Å². The van der Waals surface area contributed by atoms with Gasteiger partial charge in [-0.2, -0.15) is 4.31 Å². The molecule has 21 heavy (non-hydrogen) atoms. The lowest BCUT2D eigenvalue weighted by Crippen LogP contribution is -2.33. The molecule has 1 heterocycles. The maximum atomic E-state index is 12.7. The highest BCUT2D eigenvalue weighted by Crippen LogP contribution is 2.26. The number of nitrogen functional groups attached to an aromatic ring is 1.